The Hall–Kier alpha value is -1.88. The first-order chi connectivity index (χ1) is 9.39. The molecule has 5 heteroatoms. The average Bonchev–Trinajstić information content (AvgIpc) is 2.35. The minimum absolute atomic E-state index is 0.104. The second-order valence-electron chi connectivity index (χ2n) is 5.78. The lowest BCUT2D eigenvalue weighted by atomic mass is 9.92. The number of carbonyl (C=O) groups excluding carboxylic acids is 1. The van der Waals surface area contributed by atoms with Crippen LogP contribution in [0.3, 0.4) is 0 Å². The minimum atomic E-state index is -0.924. The summed E-state index contributed by atoms with van der Waals surface area (Å²) in [5.74, 6) is -1.10. The summed E-state index contributed by atoms with van der Waals surface area (Å²) in [5.41, 5.74) is 1.38. The van der Waals surface area contributed by atoms with Gasteiger partial charge < -0.3 is 15.7 Å². The smallest absolute Gasteiger partial charge is 0.305 e. The lowest BCUT2D eigenvalue weighted by molar-refractivity contribution is -0.138. The molecule has 1 amide bonds. The molecule has 20 heavy (non-hydrogen) atoms. The number of amides is 1. The molecule has 5 nitrogen and oxygen atoms in total. The Balaban J connectivity index is 2.13. The van der Waals surface area contributed by atoms with Gasteiger partial charge >= 0.3 is 5.97 Å². The summed E-state index contributed by atoms with van der Waals surface area (Å²) >= 11 is 0. The number of aliphatic carboxylic acids is 1. The Morgan fingerprint density at radius 2 is 2.10 bits per heavy atom. The molecule has 1 aliphatic rings. The van der Waals surface area contributed by atoms with Crippen molar-refractivity contribution in [2.45, 2.75) is 38.3 Å². The van der Waals surface area contributed by atoms with Crippen molar-refractivity contribution in [3.8, 4) is 0 Å². The molecule has 108 valence electrons. The van der Waals surface area contributed by atoms with Gasteiger partial charge in [0.15, 0.2) is 0 Å². The summed E-state index contributed by atoms with van der Waals surface area (Å²) in [7, 11) is 0. The van der Waals surface area contributed by atoms with Gasteiger partial charge in [-0.1, -0.05) is 24.3 Å². The lowest BCUT2D eigenvalue weighted by Gasteiger charge is -2.31. The number of carbonyl (C=O) groups is 2. The maximum atomic E-state index is 12.4. The van der Waals surface area contributed by atoms with Crippen molar-refractivity contribution in [2.24, 2.45) is 0 Å². The fourth-order valence-corrected chi connectivity index (χ4v) is 2.57. The van der Waals surface area contributed by atoms with E-state index in [2.05, 4.69) is 10.6 Å². The molecule has 0 saturated carbocycles. The number of hydrogen-bond donors (Lipinski definition) is 3. The van der Waals surface area contributed by atoms with Crippen LogP contribution in [-0.2, 0) is 16.0 Å². The fraction of sp³-hybridized carbons (Fsp3) is 0.467. The highest BCUT2D eigenvalue weighted by atomic mass is 16.4. The zero-order valence-corrected chi connectivity index (χ0v) is 11.8. The van der Waals surface area contributed by atoms with Crippen LogP contribution in [0.2, 0.25) is 0 Å². The van der Waals surface area contributed by atoms with Crippen molar-refractivity contribution in [2.75, 3.05) is 6.54 Å². The van der Waals surface area contributed by atoms with Crippen LogP contribution < -0.4 is 10.6 Å². The Morgan fingerprint density at radius 1 is 1.40 bits per heavy atom. The third-order valence-corrected chi connectivity index (χ3v) is 3.43. The molecule has 0 aromatic heterocycles. The van der Waals surface area contributed by atoms with E-state index >= 15 is 0 Å². The second kappa shape index (κ2) is 5.63. The number of hydrogen-bond acceptors (Lipinski definition) is 3. The highest BCUT2D eigenvalue weighted by Crippen LogP contribution is 2.23. The van der Waals surface area contributed by atoms with Crippen LogP contribution in [0.5, 0.6) is 0 Å². The normalized spacial score (nSPS) is 18.2. The Morgan fingerprint density at radius 3 is 2.80 bits per heavy atom. The van der Waals surface area contributed by atoms with Gasteiger partial charge in [0.1, 0.15) is 6.04 Å². The van der Waals surface area contributed by atoms with Gasteiger partial charge in [-0.2, -0.15) is 0 Å². The van der Waals surface area contributed by atoms with Crippen molar-refractivity contribution in [3.63, 3.8) is 0 Å². The molecule has 0 saturated heterocycles. The van der Waals surface area contributed by atoms with Crippen molar-refractivity contribution in [1.29, 1.82) is 0 Å². The first-order valence-electron chi connectivity index (χ1n) is 6.74. The predicted octanol–water partition coefficient (Wildman–Crippen LogP) is 1.24. The molecule has 0 fully saturated rings. The van der Waals surface area contributed by atoms with E-state index in [4.69, 9.17) is 5.11 Å². The number of carboxylic acids is 1. The molecule has 0 aliphatic carbocycles. The van der Waals surface area contributed by atoms with Crippen LogP contribution in [0, 0.1) is 0 Å². The first kappa shape index (κ1) is 14.5. The molecule has 2 rings (SSSR count). The molecule has 1 heterocycles. The Kier molecular flexibility index (Phi) is 4.09. The van der Waals surface area contributed by atoms with Gasteiger partial charge in [0.25, 0.3) is 0 Å². The molecule has 1 aromatic rings. The summed E-state index contributed by atoms with van der Waals surface area (Å²) < 4.78 is 0. The zero-order valence-electron chi connectivity index (χ0n) is 11.8. The SMILES string of the molecule is CC(C)(CC(=O)O)NC(=O)C1NCCc2ccccc21. The molecule has 1 aromatic carbocycles. The van der Waals surface area contributed by atoms with E-state index in [0.717, 1.165) is 18.5 Å². The van der Waals surface area contributed by atoms with Gasteiger partial charge in [-0.15, -0.1) is 0 Å². The number of fused-ring (bicyclic) bond motifs is 1. The lowest BCUT2D eigenvalue weighted by Crippen LogP contribution is -2.50. The van der Waals surface area contributed by atoms with Crippen molar-refractivity contribution in [3.05, 3.63) is 35.4 Å². The van der Waals surface area contributed by atoms with Gasteiger partial charge in [-0.25, -0.2) is 0 Å². The maximum Gasteiger partial charge on any atom is 0.305 e. The Labute approximate surface area is 118 Å². The van der Waals surface area contributed by atoms with E-state index in [1.54, 1.807) is 13.8 Å². The molecule has 3 N–H and O–H groups in total. The highest BCUT2D eigenvalue weighted by molar-refractivity contribution is 5.85. The van der Waals surface area contributed by atoms with Crippen molar-refractivity contribution >= 4 is 11.9 Å². The molecule has 0 spiro atoms. The quantitative estimate of drug-likeness (QED) is 0.773. The minimum Gasteiger partial charge on any atom is -0.481 e. The van der Waals surface area contributed by atoms with E-state index in [1.165, 1.54) is 5.56 Å². The topological polar surface area (TPSA) is 78.4 Å². The largest absolute Gasteiger partial charge is 0.481 e. The third kappa shape index (κ3) is 3.36. The molecule has 1 aliphatic heterocycles. The Bertz CT molecular complexity index is 526. The number of nitrogens with one attached hydrogen (secondary N) is 2. The fourth-order valence-electron chi connectivity index (χ4n) is 2.57. The second-order valence-corrected chi connectivity index (χ2v) is 5.78. The standard InChI is InChI=1S/C15H20N2O3/c1-15(2,9-12(18)19)17-14(20)13-11-6-4-3-5-10(11)7-8-16-13/h3-6,13,16H,7-9H2,1-2H3,(H,17,20)(H,18,19). The van der Waals surface area contributed by atoms with Crippen LogP contribution in [-0.4, -0.2) is 29.1 Å². The average molecular weight is 276 g/mol. The predicted molar refractivity (Wildman–Crippen MR) is 75.4 cm³/mol. The third-order valence-electron chi connectivity index (χ3n) is 3.43. The summed E-state index contributed by atoms with van der Waals surface area (Å²) in [5, 5.41) is 14.9. The van der Waals surface area contributed by atoms with E-state index in [-0.39, 0.29) is 12.3 Å². The van der Waals surface area contributed by atoms with Gasteiger partial charge in [-0.3, -0.25) is 9.59 Å². The van der Waals surface area contributed by atoms with E-state index in [9.17, 15) is 9.59 Å². The first-order valence-corrected chi connectivity index (χ1v) is 6.74. The van der Waals surface area contributed by atoms with Gasteiger partial charge in [-0.05, 0) is 31.4 Å². The van der Waals surface area contributed by atoms with Gasteiger partial charge in [0.05, 0.1) is 6.42 Å². The molecule has 0 radical (unpaired) electrons. The molecular weight excluding hydrogens is 256 g/mol. The van der Waals surface area contributed by atoms with Crippen LogP contribution >= 0.6 is 0 Å². The maximum absolute atomic E-state index is 12.4. The zero-order chi connectivity index (χ0) is 14.8. The molecule has 1 atom stereocenters. The summed E-state index contributed by atoms with van der Waals surface area (Å²) in [6.45, 7) is 4.18. The monoisotopic (exact) mass is 276 g/mol. The number of rotatable bonds is 4. The summed E-state index contributed by atoms with van der Waals surface area (Å²) in [4.78, 5) is 23.2. The van der Waals surface area contributed by atoms with Crippen molar-refractivity contribution < 1.29 is 14.7 Å². The summed E-state index contributed by atoms with van der Waals surface area (Å²) in [6.07, 6.45) is 0.797. The number of carboxylic acid groups (broad SMARTS) is 1. The number of benzene rings is 1. The molecule has 0 bridgehead atoms. The summed E-state index contributed by atoms with van der Waals surface area (Å²) in [6, 6.07) is 7.43. The van der Waals surface area contributed by atoms with E-state index in [1.807, 2.05) is 24.3 Å². The van der Waals surface area contributed by atoms with Gasteiger partial charge in [0.2, 0.25) is 5.91 Å². The van der Waals surface area contributed by atoms with Crippen molar-refractivity contribution in [1.82, 2.24) is 10.6 Å². The molecule has 1 unspecified atom stereocenters. The van der Waals surface area contributed by atoms with Crippen LogP contribution in [0.15, 0.2) is 24.3 Å². The van der Waals surface area contributed by atoms with Crippen LogP contribution in [0.1, 0.15) is 37.4 Å². The van der Waals surface area contributed by atoms with Crippen LogP contribution in [0.25, 0.3) is 0 Å². The molecular formula is C15H20N2O3. The van der Waals surface area contributed by atoms with Crippen LogP contribution in [0.4, 0.5) is 0 Å². The highest BCUT2D eigenvalue weighted by Gasteiger charge is 2.30. The van der Waals surface area contributed by atoms with E-state index in [0.29, 0.717) is 0 Å². The van der Waals surface area contributed by atoms with E-state index < -0.39 is 17.6 Å². The van der Waals surface area contributed by atoms with Gasteiger partial charge in [0, 0.05) is 12.1 Å².